The Morgan fingerprint density at radius 1 is 1.00 bits per heavy atom. The van der Waals surface area contributed by atoms with E-state index in [1.165, 1.54) is 5.39 Å². The fourth-order valence-corrected chi connectivity index (χ4v) is 1.62. The van der Waals surface area contributed by atoms with Crippen LogP contribution < -0.4 is 18.9 Å². The van der Waals surface area contributed by atoms with E-state index in [1.54, 1.807) is 14.2 Å². The molecule has 0 aliphatic heterocycles. The molecular weight excluding hydrogens is 195 g/mol. The summed E-state index contributed by atoms with van der Waals surface area (Å²) in [6.07, 6.45) is -0.338. The average molecular weight is 208 g/mol. The molecule has 0 aromatic heterocycles. The van der Waals surface area contributed by atoms with E-state index in [0.29, 0.717) is 0 Å². The van der Waals surface area contributed by atoms with Gasteiger partial charge in [0, 0.05) is 14.2 Å². The largest absolute Gasteiger partial charge is 1.00 e. The molecule has 0 atom stereocenters. The zero-order valence-electron chi connectivity index (χ0n) is 9.86. The maximum absolute atomic E-state index is 5.18. The van der Waals surface area contributed by atoms with Crippen LogP contribution in [0.1, 0.15) is 11.9 Å². The predicted octanol–water partition coefficient (Wildman–Crippen LogP) is -0.0646. The summed E-state index contributed by atoms with van der Waals surface area (Å²) >= 11 is 0. The van der Waals surface area contributed by atoms with Crippen molar-refractivity contribution in [2.24, 2.45) is 0 Å². The molecule has 16 heavy (non-hydrogen) atoms. The van der Waals surface area contributed by atoms with Gasteiger partial charge in [-0.05, 0) is 0 Å². The normalized spacial score (nSPS) is 10.4. The molecule has 0 aliphatic carbocycles. The molecule has 2 aromatic carbocycles. The fraction of sp³-hybridized carbons (Fsp3) is 0.231. The molecule has 0 amide bonds. The van der Waals surface area contributed by atoms with Gasteiger partial charge in [-0.25, -0.2) is 0 Å². The van der Waals surface area contributed by atoms with E-state index >= 15 is 0 Å². The van der Waals surface area contributed by atoms with Gasteiger partial charge in [0.05, 0.1) is 0 Å². The van der Waals surface area contributed by atoms with Gasteiger partial charge in [0.1, 0.15) is 0 Å². The van der Waals surface area contributed by atoms with E-state index < -0.39 is 0 Å². The van der Waals surface area contributed by atoms with Crippen molar-refractivity contribution in [1.29, 1.82) is 0 Å². The minimum Gasteiger partial charge on any atom is -0.353 e. The van der Waals surface area contributed by atoms with Gasteiger partial charge in [0.15, 0.2) is 6.29 Å². The molecule has 0 N–H and O–H groups in total. The summed E-state index contributed by atoms with van der Waals surface area (Å²) in [7, 11) is 3.24. The molecule has 2 nitrogen and oxygen atoms in total. The first-order chi connectivity index (χ1) is 7.35. The fourth-order valence-electron chi connectivity index (χ4n) is 1.62. The minimum absolute atomic E-state index is 0. The Bertz CT molecular complexity index is 452. The summed E-state index contributed by atoms with van der Waals surface area (Å²) in [6, 6.07) is 15.4. The number of fused-ring (bicyclic) bond motifs is 1. The van der Waals surface area contributed by atoms with Crippen LogP contribution in [-0.2, 0) is 9.47 Å². The minimum atomic E-state index is -0.338. The number of ether oxygens (including phenoxy) is 2. The number of methoxy groups -OCH3 is 2. The zero-order chi connectivity index (χ0) is 10.7. The Morgan fingerprint density at radius 2 is 1.69 bits per heavy atom. The van der Waals surface area contributed by atoms with Crippen LogP contribution in [-0.4, -0.2) is 14.2 Å². The number of hydrogen-bond acceptors (Lipinski definition) is 2. The first-order valence-corrected chi connectivity index (χ1v) is 4.81. The second-order valence-corrected chi connectivity index (χ2v) is 3.30. The molecule has 0 heterocycles. The Morgan fingerprint density at radius 3 is 2.38 bits per heavy atom. The molecule has 2 aromatic rings. The molecule has 0 aliphatic rings. The molecule has 0 radical (unpaired) electrons. The number of benzene rings is 2. The van der Waals surface area contributed by atoms with Gasteiger partial charge in [0.25, 0.3) is 0 Å². The van der Waals surface area contributed by atoms with Crippen molar-refractivity contribution < 1.29 is 28.3 Å². The van der Waals surface area contributed by atoms with E-state index in [0.717, 1.165) is 10.9 Å². The first-order valence-electron chi connectivity index (χ1n) is 4.81. The molecular formula is C13H13LiO2. The van der Waals surface area contributed by atoms with Gasteiger partial charge in [-0.1, -0.05) is 17.7 Å². The summed E-state index contributed by atoms with van der Waals surface area (Å²) in [5.41, 5.74) is 0.915. The maximum Gasteiger partial charge on any atom is 1.00 e. The molecule has 0 spiro atoms. The third kappa shape index (κ3) is 2.66. The Labute approximate surface area is 108 Å². The van der Waals surface area contributed by atoms with E-state index in [-0.39, 0.29) is 25.2 Å². The van der Waals surface area contributed by atoms with E-state index in [1.807, 2.05) is 30.3 Å². The monoisotopic (exact) mass is 208 g/mol. The van der Waals surface area contributed by atoms with Gasteiger partial charge >= 0.3 is 18.9 Å². The number of hydrogen-bond donors (Lipinski definition) is 0. The van der Waals surface area contributed by atoms with E-state index in [2.05, 4.69) is 12.1 Å². The van der Waals surface area contributed by atoms with Gasteiger partial charge in [-0.15, -0.1) is 41.1 Å². The van der Waals surface area contributed by atoms with Crippen molar-refractivity contribution in [3.8, 4) is 0 Å². The third-order valence-corrected chi connectivity index (χ3v) is 2.36. The molecule has 3 heteroatoms. The van der Waals surface area contributed by atoms with Gasteiger partial charge < -0.3 is 9.47 Å². The average Bonchev–Trinajstić information content (AvgIpc) is 2.30. The van der Waals surface area contributed by atoms with E-state index in [4.69, 9.17) is 9.47 Å². The van der Waals surface area contributed by atoms with Crippen LogP contribution in [0.5, 0.6) is 0 Å². The van der Waals surface area contributed by atoms with Crippen LogP contribution in [0.25, 0.3) is 10.8 Å². The second kappa shape index (κ2) is 6.08. The van der Waals surface area contributed by atoms with Gasteiger partial charge in [-0.2, -0.15) is 0 Å². The predicted molar refractivity (Wildman–Crippen MR) is 59.5 cm³/mol. The Kier molecular flexibility index (Phi) is 5.04. The smallest absolute Gasteiger partial charge is 0.353 e. The summed E-state index contributed by atoms with van der Waals surface area (Å²) in [6.45, 7) is 0. The second-order valence-electron chi connectivity index (χ2n) is 3.30. The van der Waals surface area contributed by atoms with Crippen LogP contribution >= 0.6 is 0 Å². The first kappa shape index (κ1) is 13.3. The Balaban J connectivity index is 0.00000128. The van der Waals surface area contributed by atoms with Crippen LogP contribution in [0.2, 0.25) is 0 Å². The van der Waals surface area contributed by atoms with Crippen LogP contribution in [0, 0.1) is 6.07 Å². The van der Waals surface area contributed by atoms with Crippen LogP contribution in [0.15, 0.2) is 36.4 Å². The zero-order valence-corrected chi connectivity index (χ0v) is 9.86. The summed E-state index contributed by atoms with van der Waals surface area (Å²) in [4.78, 5) is 0. The van der Waals surface area contributed by atoms with Crippen molar-refractivity contribution in [2.45, 2.75) is 6.29 Å². The maximum atomic E-state index is 5.18. The number of rotatable bonds is 3. The molecule has 78 valence electrons. The topological polar surface area (TPSA) is 18.5 Å². The van der Waals surface area contributed by atoms with Crippen LogP contribution in [0.4, 0.5) is 0 Å². The van der Waals surface area contributed by atoms with Crippen molar-refractivity contribution in [2.75, 3.05) is 14.2 Å². The van der Waals surface area contributed by atoms with Gasteiger partial charge in [0.2, 0.25) is 0 Å². The molecule has 0 bridgehead atoms. The van der Waals surface area contributed by atoms with Crippen molar-refractivity contribution in [3.63, 3.8) is 0 Å². The molecule has 2 rings (SSSR count). The van der Waals surface area contributed by atoms with Gasteiger partial charge in [-0.3, -0.25) is 0 Å². The SMILES string of the molecule is COC(OC)c1[c-]c2ccccc2cc1.[Li+]. The summed E-state index contributed by atoms with van der Waals surface area (Å²) in [5, 5.41) is 2.25. The van der Waals surface area contributed by atoms with Crippen LogP contribution in [0.3, 0.4) is 0 Å². The summed E-state index contributed by atoms with van der Waals surface area (Å²) < 4.78 is 10.4. The third-order valence-electron chi connectivity index (χ3n) is 2.36. The van der Waals surface area contributed by atoms with Crippen molar-refractivity contribution >= 4 is 10.8 Å². The van der Waals surface area contributed by atoms with E-state index in [9.17, 15) is 0 Å². The molecule has 0 fully saturated rings. The standard InChI is InChI=1S/C13H13O2.Li/c1-14-13(15-2)12-8-7-10-5-3-4-6-11(10)9-12;/h3-8,13H,1-2H3;/q-1;+1. The molecule has 0 saturated heterocycles. The summed E-state index contributed by atoms with van der Waals surface area (Å²) in [5.74, 6) is 0. The molecule has 0 saturated carbocycles. The van der Waals surface area contributed by atoms with Crippen molar-refractivity contribution in [1.82, 2.24) is 0 Å². The van der Waals surface area contributed by atoms with Crippen molar-refractivity contribution in [3.05, 3.63) is 48.0 Å². The Hall–Kier alpha value is -0.783. The molecule has 0 unspecified atom stereocenters. The quantitative estimate of drug-likeness (QED) is 0.399.